The molecule has 3 rings (SSSR count). The van der Waals surface area contributed by atoms with E-state index in [1.165, 1.54) is 0 Å². The largest absolute Gasteiger partial charge is 0.381 e. The number of hydrogen-bond acceptors (Lipinski definition) is 2. The third-order valence-electron chi connectivity index (χ3n) is 4.20. The van der Waals surface area contributed by atoms with Gasteiger partial charge in [0.2, 0.25) is 0 Å². The number of carbonyl (C=O) groups excluding carboxylic acids is 1. The molecule has 116 valence electrons. The summed E-state index contributed by atoms with van der Waals surface area (Å²) in [6.07, 6.45) is 1.04. The minimum Gasteiger partial charge on any atom is -0.381 e. The van der Waals surface area contributed by atoms with Crippen LogP contribution in [0.4, 0.5) is 10.5 Å². The summed E-state index contributed by atoms with van der Waals surface area (Å²) in [5.41, 5.74) is 0.865. The molecule has 0 unspecified atom stereocenters. The van der Waals surface area contributed by atoms with Gasteiger partial charge >= 0.3 is 6.03 Å². The smallest absolute Gasteiger partial charge is 0.321 e. The maximum absolute atomic E-state index is 12.5. The molecule has 2 aromatic carbocycles. The van der Waals surface area contributed by atoms with Crippen LogP contribution in [0.3, 0.4) is 0 Å². The lowest BCUT2D eigenvalue weighted by molar-refractivity contribution is 0.171. The highest BCUT2D eigenvalue weighted by atomic mass is 16.5. The molecule has 1 aliphatic heterocycles. The molecule has 0 aromatic heterocycles. The highest BCUT2D eigenvalue weighted by molar-refractivity contribution is 6.01. The summed E-state index contributed by atoms with van der Waals surface area (Å²) in [7, 11) is 0. The van der Waals surface area contributed by atoms with E-state index in [0.717, 1.165) is 42.6 Å². The standard InChI is InChI=1S/C18H22N2O2/c1-2-20(12-14-10-11-22-13-14)18(21)19-17-9-5-7-15-6-3-4-8-16(15)17/h3-9,14H,2,10-13H2,1H3,(H,19,21)/t14-/m1/s1. The fourth-order valence-electron chi connectivity index (χ4n) is 2.92. The number of rotatable bonds is 4. The summed E-state index contributed by atoms with van der Waals surface area (Å²) in [6.45, 7) is 5.05. The summed E-state index contributed by atoms with van der Waals surface area (Å²) in [5, 5.41) is 5.26. The quantitative estimate of drug-likeness (QED) is 0.934. The van der Waals surface area contributed by atoms with Crippen molar-refractivity contribution in [1.29, 1.82) is 0 Å². The lowest BCUT2D eigenvalue weighted by atomic mass is 10.1. The topological polar surface area (TPSA) is 41.6 Å². The van der Waals surface area contributed by atoms with Gasteiger partial charge < -0.3 is 15.0 Å². The van der Waals surface area contributed by atoms with E-state index < -0.39 is 0 Å². The van der Waals surface area contributed by atoms with E-state index >= 15 is 0 Å². The average molecular weight is 298 g/mol. The number of ether oxygens (including phenoxy) is 1. The molecular weight excluding hydrogens is 276 g/mol. The van der Waals surface area contributed by atoms with Crippen molar-refractivity contribution in [2.75, 3.05) is 31.6 Å². The number of anilines is 1. The van der Waals surface area contributed by atoms with Gasteiger partial charge in [0.25, 0.3) is 0 Å². The molecule has 0 radical (unpaired) electrons. The Balaban J connectivity index is 1.73. The first kappa shape index (κ1) is 14.9. The second-order valence-electron chi connectivity index (χ2n) is 5.73. The minimum absolute atomic E-state index is 0.0363. The molecule has 2 amide bonds. The fraction of sp³-hybridized carbons (Fsp3) is 0.389. The van der Waals surface area contributed by atoms with Gasteiger partial charge in [0.15, 0.2) is 0 Å². The number of nitrogens with zero attached hydrogens (tertiary/aromatic N) is 1. The van der Waals surface area contributed by atoms with Crippen molar-refractivity contribution in [3.8, 4) is 0 Å². The number of carbonyl (C=O) groups is 1. The lowest BCUT2D eigenvalue weighted by Crippen LogP contribution is -2.38. The second-order valence-corrected chi connectivity index (χ2v) is 5.73. The molecule has 22 heavy (non-hydrogen) atoms. The van der Waals surface area contributed by atoms with Gasteiger partial charge in [-0.05, 0) is 24.8 Å². The Kier molecular flexibility index (Phi) is 4.59. The van der Waals surface area contributed by atoms with Crippen molar-refractivity contribution in [2.24, 2.45) is 5.92 Å². The van der Waals surface area contributed by atoms with E-state index in [1.807, 2.05) is 42.2 Å². The Labute approximate surface area is 131 Å². The molecule has 1 aliphatic rings. The second kappa shape index (κ2) is 6.79. The third-order valence-corrected chi connectivity index (χ3v) is 4.20. The van der Waals surface area contributed by atoms with E-state index in [-0.39, 0.29) is 6.03 Å². The molecule has 1 N–H and O–H groups in total. The molecule has 1 atom stereocenters. The highest BCUT2D eigenvalue weighted by Gasteiger charge is 2.21. The zero-order chi connectivity index (χ0) is 15.4. The Morgan fingerprint density at radius 2 is 2.09 bits per heavy atom. The summed E-state index contributed by atoms with van der Waals surface area (Å²) in [5.74, 6) is 0.457. The van der Waals surface area contributed by atoms with Crippen LogP contribution in [0, 0.1) is 5.92 Å². The van der Waals surface area contributed by atoms with E-state index in [9.17, 15) is 4.79 Å². The number of fused-ring (bicyclic) bond motifs is 1. The lowest BCUT2D eigenvalue weighted by Gasteiger charge is -2.24. The normalized spacial score (nSPS) is 17.6. The van der Waals surface area contributed by atoms with Crippen LogP contribution in [0.1, 0.15) is 13.3 Å². The Hall–Kier alpha value is -2.07. The molecule has 1 saturated heterocycles. The molecular formula is C18H22N2O2. The van der Waals surface area contributed by atoms with Crippen molar-refractivity contribution in [1.82, 2.24) is 4.90 Å². The predicted molar refractivity (Wildman–Crippen MR) is 89.1 cm³/mol. The van der Waals surface area contributed by atoms with E-state index in [2.05, 4.69) is 17.4 Å². The van der Waals surface area contributed by atoms with Gasteiger partial charge in [0.05, 0.1) is 12.3 Å². The van der Waals surface area contributed by atoms with Crippen molar-refractivity contribution in [3.05, 3.63) is 42.5 Å². The average Bonchev–Trinajstić information content (AvgIpc) is 3.06. The van der Waals surface area contributed by atoms with Gasteiger partial charge in [-0.2, -0.15) is 0 Å². The van der Waals surface area contributed by atoms with Crippen molar-refractivity contribution < 1.29 is 9.53 Å². The Morgan fingerprint density at radius 3 is 2.86 bits per heavy atom. The number of hydrogen-bond donors (Lipinski definition) is 1. The zero-order valence-corrected chi connectivity index (χ0v) is 12.9. The molecule has 0 saturated carbocycles. The molecule has 0 aliphatic carbocycles. The van der Waals surface area contributed by atoms with Gasteiger partial charge in [0, 0.05) is 31.0 Å². The van der Waals surface area contributed by atoms with Gasteiger partial charge in [-0.1, -0.05) is 36.4 Å². The fourth-order valence-corrected chi connectivity index (χ4v) is 2.92. The van der Waals surface area contributed by atoms with Crippen LogP contribution in [0.25, 0.3) is 10.8 Å². The first-order chi connectivity index (χ1) is 10.8. The Bertz CT molecular complexity index is 645. The Morgan fingerprint density at radius 1 is 1.27 bits per heavy atom. The first-order valence-electron chi connectivity index (χ1n) is 7.89. The molecule has 0 spiro atoms. The van der Waals surface area contributed by atoms with Crippen LogP contribution in [0.5, 0.6) is 0 Å². The van der Waals surface area contributed by atoms with Gasteiger partial charge in [0.1, 0.15) is 0 Å². The molecule has 1 fully saturated rings. The predicted octanol–water partition coefficient (Wildman–Crippen LogP) is 3.73. The van der Waals surface area contributed by atoms with E-state index in [4.69, 9.17) is 4.74 Å². The van der Waals surface area contributed by atoms with Crippen molar-refractivity contribution >= 4 is 22.5 Å². The number of benzene rings is 2. The van der Waals surface area contributed by atoms with Crippen LogP contribution < -0.4 is 5.32 Å². The maximum atomic E-state index is 12.5. The van der Waals surface area contributed by atoms with Crippen LogP contribution in [0.15, 0.2) is 42.5 Å². The summed E-state index contributed by atoms with van der Waals surface area (Å²) in [4.78, 5) is 14.4. The minimum atomic E-state index is -0.0363. The van der Waals surface area contributed by atoms with Gasteiger partial charge in [-0.3, -0.25) is 0 Å². The van der Waals surface area contributed by atoms with Gasteiger partial charge in [-0.15, -0.1) is 0 Å². The van der Waals surface area contributed by atoms with Crippen LogP contribution >= 0.6 is 0 Å². The van der Waals surface area contributed by atoms with Gasteiger partial charge in [-0.25, -0.2) is 4.79 Å². The molecule has 2 aromatic rings. The number of urea groups is 1. The van der Waals surface area contributed by atoms with Crippen LogP contribution in [0.2, 0.25) is 0 Å². The van der Waals surface area contributed by atoms with E-state index in [1.54, 1.807) is 0 Å². The monoisotopic (exact) mass is 298 g/mol. The number of nitrogens with one attached hydrogen (secondary N) is 1. The summed E-state index contributed by atoms with van der Waals surface area (Å²) in [6, 6.07) is 14.0. The molecule has 0 bridgehead atoms. The molecule has 4 heteroatoms. The van der Waals surface area contributed by atoms with Crippen LogP contribution in [-0.4, -0.2) is 37.2 Å². The summed E-state index contributed by atoms with van der Waals surface area (Å²) < 4.78 is 5.40. The molecule has 4 nitrogen and oxygen atoms in total. The van der Waals surface area contributed by atoms with E-state index in [0.29, 0.717) is 12.5 Å². The molecule has 1 heterocycles. The zero-order valence-electron chi connectivity index (χ0n) is 12.9. The van der Waals surface area contributed by atoms with Crippen molar-refractivity contribution in [3.63, 3.8) is 0 Å². The summed E-state index contributed by atoms with van der Waals surface area (Å²) >= 11 is 0. The SMILES string of the molecule is CCN(C[C@H]1CCOC1)C(=O)Nc1cccc2ccccc12. The first-order valence-corrected chi connectivity index (χ1v) is 7.89. The number of amides is 2. The van der Waals surface area contributed by atoms with Crippen molar-refractivity contribution in [2.45, 2.75) is 13.3 Å². The third kappa shape index (κ3) is 3.22. The van der Waals surface area contributed by atoms with Crippen LogP contribution in [-0.2, 0) is 4.74 Å². The highest BCUT2D eigenvalue weighted by Crippen LogP contribution is 2.23. The maximum Gasteiger partial charge on any atom is 0.321 e.